The number of benzene rings is 1. The molecule has 1 saturated heterocycles. The van der Waals surface area contributed by atoms with Crippen molar-refractivity contribution >= 4 is 23.4 Å². The van der Waals surface area contributed by atoms with Crippen LogP contribution in [0.2, 0.25) is 0 Å². The Kier molecular flexibility index (Phi) is 4.38. The first-order chi connectivity index (χ1) is 11.7. The van der Waals surface area contributed by atoms with Crippen LogP contribution in [-0.2, 0) is 4.79 Å². The maximum Gasteiger partial charge on any atom is 0.261 e. The van der Waals surface area contributed by atoms with Gasteiger partial charge in [-0.15, -0.1) is 0 Å². The summed E-state index contributed by atoms with van der Waals surface area (Å²) in [6, 6.07) is 4.94. The molecule has 1 unspecified atom stereocenters. The van der Waals surface area contributed by atoms with Gasteiger partial charge >= 0.3 is 0 Å². The highest BCUT2D eigenvalue weighted by Gasteiger charge is 2.34. The quantitative estimate of drug-likeness (QED) is 0.795. The van der Waals surface area contributed by atoms with Gasteiger partial charge in [0.05, 0.1) is 17.7 Å². The van der Waals surface area contributed by atoms with Crippen LogP contribution in [0.15, 0.2) is 18.2 Å². The summed E-state index contributed by atoms with van der Waals surface area (Å²) in [7, 11) is 1.45. The minimum absolute atomic E-state index is 0.0243. The molecular weight excluding hydrogens is 320 g/mol. The van der Waals surface area contributed by atoms with Crippen LogP contribution in [-0.4, -0.2) is 60.2 Å². The predicted molar refractivity (Wildman–Crippen MR) is 94.3 cm³/mol. The van der Waals surface area contributed by atoms with Crippen LogP contribution in [0.25, 0.3) is 0 Å². The number of amides is 3. The zero-order chi connectivity index (χ0) is 18.4. The third-order valence-corrected chi connectivity index (χ3v) is 5.13. The molecular formula is C18H24N4O3. The van der Waals surface area contributed by atoms with E-state index in [0.717, 1.165) is 24.4 Å². The van der Waals surface area contributed by atoms with Crippen LogP contribution in [0.1, 0.15) is 41.0 Å². The summed E-state index contributed by atoms with van der Waals surface area (Å²) in [4.78, 5) is 39.4. The summed E-state index contributed by atoms with van der Waals surface area (Å²) in [6.07, 6.45) is 0.863. The van der Waals surface area contributed by atoms with Crippen molar-refractivity contribution in [1.82, 2.24) is 9.80 Å². The Morgan fingerprint density at radius 3 is 2.64 bits per heavy atom. The minimum atomic E-state index is -0.345. The van der Waals surface area contributed by atoms with Gasteiger partial charge in [-0.05, 0) is 30.0 Å². The summed E-state index contributed by atoms with van der Waals surface area (Å²) in [6.45, 7) is 6.06. The normalized spacial score (nSPS) is 22.9. The molecule has 25 heavy (non-hydrogen) atoms. The molecule has 0 saturated carbocycles. The number of imide groups is 1. The summed E-state index contributed by atoms with van der Waals surface area (Å²) >= 11 is 0. The molecule has 0 aliphatic carbocycles. The van der Waals surface area contributed by atoms with E-state index in [-0.39, 0.29) is 35.7 Å². The number of carbonyl (C=O) groups excluding carboxylic acids is 3. The lowest BCUT2D eigenvalue weighted by Crippen LogP contribution is -2.53. The molecule has 1 aromatic rings. The molecule has 1 fully saturated rings. The Balaban J connectivity index is 1.65. The van der Waals surface area contributed by atoms with Crippen molar-refractivity contribution in [3.8, 4) is 0 Å². The highest BCUT2D eigenvalue weighted by Crippen LogP contribution is 2.28. The number of nitrogens with zero attached hydrogens (tertiary/aromatic N) is 2. The molecule has 7 heteroatoms. The number of carbonyl (C=O) groups is 3. The lowest BCUT2D eigenvalue weighted by Gasteiger charge is -2.42. The van der Waals surface area contributed by atoms with E-state index in [2.05, 4.69) is 24.1 Å². The number of fused-ring (bicyclic) bond motifs is 1. The van der Waals surface area contributed by atoms with Gasteiger partial charge < -0.3 is 11.1 Å². The molecule has 2 aliphatic heterocycles. The van der Waals surface area contributed by atoms with Gasteiger partial charge in [0.2, 0.25) is 5.91 Å². The topological polar surface area (TPSA) is 95.7 Å². The zero-order valence-corrected chi connectivity index (χ0v) is 14.8. The van der Waals surface area contributed by atoms with Gasteiger partial charge in [-0.25, -0.2) is 0 Å². The average Bonchev–Trinajstić information content (AvgIpc) is 2.75. The van der Waals surface area contributed by atoms with E-state index in [1.54, 1.807) is 18.2 Å². The van der Waals surface area contributed by atoms with Gasteiger partial charge in [0, 0.05) is 31.9 Å². The molecule has 2 aliphatic rings. The standard InChI is InChI=1S/C18H24N4O3/c1-18(2)10-22(7-6-14(18)19)9-15(23)20-11-4-5-12-13(8-11)17(25)21(3)16(12)24/h4-5,8,14H,6-7,9-10,19H2,1-3H3,(H,20,23). The van der Waals surface area contributed by atoms with Crippen LogP contribution < -0.4 is 11.1 Å². The van der Waals surface area contributed by atoms with Crippen molar-refractivity contribution in [2.45, 2.75) is 26.3 Å². The molecule has 0 bridgehead atoms. The molecule has 1 aromatic carbocycles. The van der Waals surface area contributed by atoms with E-state index >= 15 is 0 Å². The largest absolute Gasteiger partial charge is 0.327 e. The molecule has 2 heterocycles. The monoisotopic (exact) mass is 344 g/mol. The number of hydrogen-bond donors (Lipinski definition) is 2. The smallest absolute Gasteiger partial charge is 0.261 e. The molecule has 1 atom stereocenters. The molecule has 0 aromatic heterocycles. The first kappa shape index (κ1) is 17.6. The van der Waals surface area contributed by atoms with E-state index < -0.39 is 0 Å². The van der Waals surface area contributed by atoms with Gasteiger partial charge in [0.1, 0.15) is 0 Å². The number of nitrogens with two attached hydrogens (primary N) is 1. The van der Waals surface area contributed by atoms with Crippen LogP contribution >= 0.6 is 0 Å². The van der Waals surface area contributed by atoms with Crippen molar-refractivity contribution in [3.63, 3.8) is 0 Å². The highest BCUT2D eigenvalue weighted by molar-refractivity contribution is 6.21. The van der Waals surface area contributed by atoms with Crippen LogP contribution in [0, 0.1) is 5.41 Å². The van der Waals surface area contributed by atoms with Crippen molar-refractivity contribution in [1.29, 1.82) is 0 Å². The van der Waals surface area contributed by atoms with E-state index in [1.165, 1.54) is 7.05 Å². The molecule has 7 nitrogen and oxygen atoms in total. The van der Waals surface area contributed by atoms with E-state index in [4.69, 9.17) is 5.73 Å². The number of piperidine rings is 1. The van der Waals surface area contributed by atoms with Gasteiger partial charge in [-0.2, -0.15) is 0 Å². The SMILES string of the molecule is CN1C(=O)c2ccc(NC(=O)CN3CCC(N)C(C)(C)C3)cc2C1=O. The number of anilines is 1. The van der Waals surface area contributed by atoms with E-state index in [0.29, 0.717) is 16.8 Å². The number of nitrogens with one attached hydrogen (secondary N) is 1. The minimum Gasteiger partial charge on any atom is -0.327 e. The van der Waals surface area contributed by atoms with Crippen molar-refractivity contribution in [2.75, 3.05) is 32.0 Å². The Hall–Kier alpha value is -2.25. The van der Waals surface area contributed by atoms with Gasteiger partial charge in [0.15, 0.2) is 0 Å². The summed E-state index contributed by atoms with van der Waals surface area (Å²) < 4.78 is 0. The van der Waals surface area contributed by atoms with Crippen LogP contribution in [0.5, 0.6) is 0 Å². The van der Waals surface area contributed by atoms with Gasteiger partial charge in [-0.3, -0.25) is 24.2 Å². The number of rotatable bonds is 3. The molecule has 3 amide bonds. The van der Waals surface area contributed by atoms with Crippen molar-refractivity contribution in [3.05, 3.63) is 29.3 Å². The first-order valence-electron chi connectivity index (χ1n) is 8.43. The Bertz CT molecular complexity index is 744. The lowest BCUT2D eigenvalue weighted by molar-refractivity contribution is -0.118. The molecule has 0 spiro atoms. The lowest BCUT2D eigenvalue weighted by atomic mass is 9.80. The van der Waals surface area contributed by atoms with E-state index in [1.807, 2.05) is 0 Å². The second kappa shape index (κ2) is 6.24. The molecule has 0 radical (unpaired) electrons. The Morgan fingerprint density at radius 1 is 1.28 bits per heavy atom. The summed E-state index contributed by atoms with van der Waals surface area (Å²) in [5, 5.41) is 2.81. The second-order valence-electron chi connectivity index (χ2n) is 7.57. The van der Waals surface area contributed by atoms with Crippen molar-refractivity contribution in [2.24, 2.45) is 11.1 Å². The first-order valence-corrected chi connectivity index (χ1v) is 8.43. The molecule has 3 N–H and O–H groups in total. The predicted octanol–water partition coefficient (Wildman–Crippen LogP) is 0.910. The van der Waals surface area contributed by atoms with Gasteiger partial charge in [0.25, 0.3) is 11.8 Å². The molecule has 3 rings (SSSR count). The number of hydrogen-bond acceptors (Lipinski definition) is 5. The highest BCUT2D eigenvalue weighted by atomic mass is 16.2. The maximum atomic E-state index is 12.3. The third-order valence-electron chi connectivity index (χ3n) is 5.13. The van der Waals surface area contributed by atoms with E-state index in [9.17, 15) is 14.4 Å². The Labute approximate surface area is 147 Å². The fourth-order valence-corrected chi connectivity index (χ4v) is 3.46. The number of likely N-dealkylation sites (tertiary alicyclic amines) is 1. The average molecular weight is 344 g/mol. The van der Waals surface area contributed by atoms with Crippen molar-refractivity contribution < 1.29 is 14.4 Å². The van der Waals surface area contributed by atoms with Gasteiger partial charge in [-0.1, -0.05) is 13.8 Å². The summed E-state index contributed by atoms with van der Waals surface area (Å²) in [5.74, 6) is -0.802. The summed E-state index contributed by atoms with van der Waals surface area (Å²) in [5.41, 5.74) is 7.32. The fourth-order valence-electron chi connectivity index (χ4n) is 3.46. The second-order valence-corrected chi connectivity index (χ2v) is 7.57. The molecule has 134 valence electrons. The van der Waals surface area contributed by atoms with Crippen LogP contribution in [0.3, 0.4) is 0 Å². The fraction of sp³-hybridized carbons (Fsp3) is 0.500. The van der Waals surface area contributed by atoms with Crippen LogP contribution in [0.4, 0.5) is 5.69 Å². The third kappa shape index (κ3) is 3.29. The zero-order valence-electron chi connectivity index (χ0n) is 14.8. The maximum absolute atomic E-state index is 12.3. The Morgan fingerprint density at radius 2 is 1.96 bits per heavy atom.